The second kappa shape index (κ2) is 15.2. The number of rotatable bonds is 8. The van der Waals surface area contributed by atoms with Crippen LogP contribution in [0.25, 0.3) is 89.9 Å². The predicted molar refractivity (Wildman–Crippen MR) is 226 cm³/mol. The first-order valence-corrected chi connectivity index (χ1v) is 18.5. The average molecular weight is 725 g/mol. The lowest BCUT2D eigenvalue weighted by atomic mass is 9.95. The van der Waals surface area contributed by atoms with Crippen molar-refractivity contribution in [3.05, 3.63) is 205 Å². The molecule has 260 valence electrons. The molecule has 4 nitrogen and oxygen atoms in total. The number of halogens is 1. The Morgan fingerprint density at radius 1 is 0.273 bits per heavy atom. The molecule has 0 aliphatic carbocycles. The maximum atomic E-state index is 6.17. The Kier molecular flexibility index (Phi) is 9.31. The molecule has 9 aromatic rings. The van der Waals surface area contributed by atoms with Gasteiger partial charge in [-0.3, -0.25) is 4.98 Å². The van der Waals surface area contributed by atoms with Crippen molar-refractivity contribution < 1.29 is 0 Å². The molecule has 2 heterocycles. The van der Waals surface area contributed by atoms with E-state index in [1.807, 2.05) is 66.9 Å². The topological polar surface area (TPSA) is 51.6 Å². The number of benzene rings is 7. The van der Waals surface area contributed by atoms with E-state index in [0.29, 0.717) is 22.5 Å². The third-order valence-corrected chi connectivity index (χ3v) is 9.86. The highest BCUT2D eigenvalue weighted by molar-refractivity contribution is 6.30. The summed E-state index contributed by atoms with van der Waals surface area (Å²) in [5.41, 5.74) is 13.1. The summed E-state index contributed by atoms with van der Waals surface area (Å²) in [5, 5.41) is 0.684. The van der Waals surface area contributed by atoms with E-state index in [0.717, 1.165) is 72.5 Å². The first-order valence-electron chi connectivity index (χ1n) is 18.1. The molecule has 0 unspecified atom stereocenters. The molecule has 0 aliphatic heterocycles. The molecule has 9 rings (SSSR count). The SMILES string of the molecule is Clc1ccc(-c2ccc(-c3nc(-c4cc(-c5ccccc5)cc(-c5ccccc5)c4)nc(-c4cc(-c5ccccc5)cc(-c5ccccc5)c4)n3)cn2)cc1. The summed E-state index contributed by atoms with van der Waals surface area (Å²) in [5.74, 6) is 1.68. The van der Waals surface area contributed by atoms with E-state index in [9.17, 15) is 0 Å². The zero-order chi connectivity index (χ0) is 37.0. The van der Waals surface area contributed by atoms with Crippen LogP contribution < -0.4 is 0 Å². The van der Waals surface area contributed by atoms with Crippen molar-refractivity contribution in [2.45, 2.75) is 0 Å². The maximum Gasteiger partial charge on any atom is 0.165 e. The van der Waals surface area contributed by atoms with Crippen LogP contribution in [0.4, 0.5) is 0 Å². The number of aromatic nitrogens is 4. The fraction of sp³-hybridized carbons (Fsp3) is 0. The van der Waals surface area contributed by atoms with Crippen LogP contribution in [0.2, 0.25) is 5.02 Å². The summed E-state index contributed by atoms with van der Waals surface area (Å²) in [6.45, 7) is 0. The Morgan fingerprint density at radius 3 is 0.945 bits per heavy atom. The van der Waals surface area contributed by atoms with Crippen LogP contribution in [-0.2, 0) is 0 Å². The van der Waals surface area contributed by atoms with Crippen LogP contribution in [0.3, 0.4) is 0 Å². The molecular formula is C50H33ClN4. The van der Waals surface area contributed by atoms with Crippen molar-refractivity contribution >= 4 is 11.6 Å². The van der Waals surface area contributed by atoms with E-state index in [1.54, 1.807) is 0 Å². The predicted octanol–water partition coefficient (Wildman–Crippen LogP) is 13.3. The van der Waals surface area contributed by atoms with Crippen molar-refractivity contribution in [1.82, 2.24) is 19.9 Å². The summed E-state index contributed by atoms with van der Waals surface area (Å²) < 4.78 is 0. The van der Waals surface area contributed by atoms with E-state index in [4.69, 9.17) is 31.5 Å². The standard InChI is InChI=1S/C50H33ClN4/c51-46-24-21-38(22-25-46)47-26-23-39(33-52-47)48-53-49(44-29-40(34-13-5-1-6-14-34)27-41(30-44)35-15-7-2-8-16-35)55-50(54-48)45-31-42(36-17-9-3-10-18-36)28-43(32-45)37-19-11-4-12-20-37/h1-33H. The highest BCUT2D eigenvalue weighted by Crippen LogP contribution is 2.36. The Hall–Kier alpha value is -7.01. The van der Waals surface area contributed by atoms with Gasteiger partial charge in [-0.25, -0.2) is 15.0 Å². The first kappa shape index (κ1) is 33.8. The van der Waals surface area contributed by atoms with Gasteiger partial charge in [0.15, 0.2) is 17.5 Å². The summed E-state index contributed by atoms with van der Waals surface area (Å²) in [6, 6.07) is 66.5. The van der Waals surface area contributed by atoms with Crippen LogP contribution in [0.15, 0.2) is 200 Å². The highest BCUT2D eigenvalue weighted by atomic mass is 35.5. The van der Waals surface area contributed by atoms with Crippen molar-refractivity contribution in [3.8, 4) is 89.9 Å². The van der Waals surface area contributed by atoms with Gasteiger partial charge in [0, 0.05) is 33.5 Å². The van der Waals surface area contributed by atoms with E-state index < -0.39 is 0 Å². The van der Waals surface area contributed by atoms with Crippen LogP contribution in [-0.4, -0.2) is 19.9 Å². The molecule has 55 heavy (non-hydrogen) atoms. The second-order valence-corrected chi connectivity index (χ2v) is 13.7. The van der Waals surface area contributed by atoms with Gasteiger partial charge in [-0.2, -0.15) is 0 Å². The number of hydrogen-bond donors (Lipinski definition) is 0. The second-order valence-electron chi connectivity index (χ2n) is 13.3. The van der Waals surface area contributed by atoms with Crippen molar-refractivity contribution in [2.75, 3.05) is 0 Å². The fourth-order valence-corrected chi connectivity index (χ4v) is 6.91. The van der Waals surface area contributed by atoms with Gasteiger partial charge in [0.2, 0.25) is 0 Å². The van der Waals surface area contributed by atoms with E-state index in [2.05, 4.69) is 133 Å². The van der Waals surface area contributed by atoms with Crippen molar-refractivity contribution in [3.63, 3.8) is 0 Å². The molecule has 0 saturated heterocycles. The highest BCUT2D eigenvalue weighted by Gasteiger charge is 2.17. The van der Waals surface area contributed by atoms with Crippen LogP contribution in [0.1, 0.15) is 0 Å². The third kappa shape index (κ3) is 7.45. The van der Waals surface area contributed by atoms with E-state index >= 15 is 0 Å². The lowest BCUT2D eigenvalue weighted by Gasteiger charge is -2.14. The Labute approximate surface area is 325 Å². The Morgan fingerprint density at radius 2 is 0.600 bits per heavy atom. The molecule has 2 aromatic heterocycles. The van der Waals surface area contributed by atoms with Gasteiger partial charge in [0.1, 0.15) is 0 Å². The molecule has 5 heteroatoms. The minimum Gasteiger partial charge on any atom is -0.255 e. The Bertz CT molecular complexity index is 2460. The van der Waals surface area contributed by atoms with Gasteiger partial charge in [0.05, 0.1) is 5.69 Å². The summed E-state index contributed by atoms with van der Waals surface area (Å²) in [6.07, 6.45) is 1.83. The van der Waals surface area contributed by atoms with Crippen LogP contribution in [0.5, 0.6) is 0 Å². The third-order valence-electron chi connectivity index (χ3n) is 9.61. The van der Waals surface area contributed by atoms with E-state index in [1.165, 1.54) is 0 Å². The molecule has 7 aromatic carbocycles. The van der Waals surface area contributed by atoms with Crippen LogP contribution >= 0.6 is 11.6 Å². The van der Waals surface area contributed by atoms with Gasteiger partial charge >= 0.3 is 0 Å². The zero-order valence-corrected chi connectivity index (χ0v) is 30.5. The van der Waals surface area contributed by atoms with Crippen molar-refractivity contribution in [1.29, 1.82) is 0 Å². The van der Waals surface area contributed by atoms with Gasteiger partial charge in [-0.15, -0.1) is 0 Å². The lowest BCUT2D eigenvalue weighted by Crippen LogP contribution is -2.01. The Balaban J connectivity index is 1.25. The number of hydrogen-bond acceptors (Lipinski definition) is 4. The first-order chi connectivity index (χ1) is 27.1. The molecule has 0 atom stereocenters. The van der Waals surface area contributed by atoms with Gasteiger partial charge in [-0.05, 0) is 105 Å². The monoisotopic (exact) mass is 724 g/mol. The average Bonchev–Trinajstić information content (AvgIpc) is 3.27. The summed E-state index contributed by atoms with van der Waals surface area (Å²) >= 11 is 6.17. The lowest BCUT2D eigenvalue weighted by molar-refractivity contribution is 1.07. The summed E-state index contributed by atoms with van der Waals surface area (Å²) in [7, 11) is 0. The molecule has 0 N–H and O–H groups in total. The molecule has 0 bridgehead atoms. The van der Waals surface area contributed by atoms with Gasteiger partial charge in [0.25, 0.3) is 0 Å². The minimum absolute atomic E-state index is 0.535. The van der Waals surface area contributed by atoms with Gasteiger partial charge < -0.3 is 0 Å². The minimum atomic E-state index is 0.535. The molecule has 0 saturated carbocycles. The molecule has 0 amide bonds. The smallest absolute Gasteiger partial charge is 0.165 e. The number of pyridine rings is 1. The fourth-order valence-electron chi connectivity index (χ4n) is 6.78. The number of nitrogens with zero attached hydrogens (tertiary/aromatic N) is 4. The summed E-state index contributed by atoms with van der Waals surface area (Å²) in [4.78, 5) is 20.4. The van der Waals surface area contributed by atoms with Gasteiger partial charge in [-0.1, -0.05) is 145 Å². The van der Waals surface area contributed by atoms with Crippen molar-refractivity contribution in [2.24, 2.45) is 0 Å². The molecule has 0 radical (unpaired) electrons. The molecule has 0 aliphatic rings. The normalized spacial score (nSPS) is 11.0. The largest absolute Gasteiger partial charge is 0.255 e. The van der Waals surface area contributed by atoms with E-state index in [-0.39, 0.29) is 0 Å². The molecule has 0 spiro atoms. The van der Waals surface area contributed by atoms with Crippen LogP contribution in [0, 0.1) is 0 Å². The zero-order valence-electron chi connectivity index (χ0n) is 29.7. The quantitative estimate of drug-likeness (QED) is 0.157. The molecular weight excluding hydrogens is 692 g/mol. The maximum absolute atomic E-state index is 6.17. The molecule has 0 fully saturated rings.